The fourth-order valence-corrected chi connectivity index (χ4v) is 6.25. The van der Waals surface area contributed by atoms with Gasteiger partial charge in [0.25, 0.3) is 5.78 Å². The lowest BCUT2D eigenvalue weighted by Gasteiger charge is -2.23. The molecule has 0 radical (unpaired) electrons. The number of carbonyl (C=O) groups excluding carboxylic acids is 3. The first-order valence-electron chi connectivity index (χ1n) is 14.3. The molecular formula is C33H34N2O7S. The van der Waals surface area contributed by atoms with Gasteiger partial charge < -0.3 is 19.3 Å². The highest BCUT2D eigenvalue weighted by Gasteiger charge is 2.48. The smallest absolute Gasteiger partial charge is 0.350 e. The van der Waals surface area contributed by atoms with Gasteiger partial charge in [0.2, 0.25) is 0 Å². The lowest BCUT2D eigenvalue weighted by atomic mass is 9.94. The van der Waals surface area contributed by atoms with Crippen LogP contribution in [0.15, 0.2) is 60.7 Å². The van der Waals surface area contributed by atoms with Gasteiger partial charge in [-0.1, -0.05) is 55.9 Å². The number of hydrogen-bond donors (Lipinski definition) is 1. The third-order valence-corrected chi connectivity index (χ3v) is 8.45. The van der Waals surface area contributed by atoms with Crippen molar-refractivity contribution in [1.82, 2.24) is 4.98 Å². The van der Waals surface area contributed by atoms with Gasteiger partial charge in [-0.3, -0.25) is 14.5 Å². The number of hydrogen-bond acceptors (Lipinski definition) is 9. The lowest BCUT2D eigenvalue weighted by molar-refractivity contribution is -0.132. The average Bonchev–Trinajstić information content (AvgIpc) is 3.65. The van der Waals surface area contributed by atoms with Crippen LogP contribution in [0.3, 0.4) is 0 Å². The van der Waals surface area contributed by atoms with Crippen molar-refractivity contribution in [2.75, 3.05) is 18.1 Å². The Morgan fingerprint density at radius 1 is 1.23 bits per heavy atom. The summed E-state index contributed by atoms with van der Waals surface area (Å²) in [5, 5.41) is 11.8. The van der Waals surface area contributed by atoms with Gasteiger partial charge in [-0.05, 0) is 61.7 Å². The van der Waals surface area contributed by atoms with Crippen molar-refractivity contribution in [2.45, 2.75) is 58.6 Å². The quantitative estimate of drug-likeness (QED) is 0.0678. The van der Waals surface area contributed by atoms with E-state index in [1.165, 1.54) is 11.0 Å². The fraction of sp³-hybridized carbons (Fsp3) is 0.333. The number of anilines is 1. The van der Waals surface area contributed by atoms with Gasteiger partial charge in [0.1, 0.15) is 34.8 Å². The minimum absolute atomic E-state index is 0.00134. The number of carbonyl (C=O) groups is 3. The van der Waals surface area contributed by atoms with Gasteiger partial charge >= 0.3 is 11.9 Å². The number of aryl methyl sites for hydroxylation is 1. The second-order valence-corrected chi connectivity index (χ2v) is 11.5. The molecule has 2 aliphatic heterocycles. The molecular weight excluding hydrogens is 568 g/mol. The van der Waals surface area contributed by atoms with Crippen LogP contribution in [-0.2, 0) is 20.7 Å². The molecule has 43 heavy (non-hydrogen) atoms. The molecule has 1 amide bonds. The number of thiazole rings is 1. The highest BCUT2D eigenvalue weighted by molar-refractivity contribution is 7.17. The largest absolute Gasteiger partial charge is 0.507 e. The normalized spacial score (nSPS) is 18.8. The Kier molecular flexibility index (Phi) is 8.96. The summed E-state index contributed by atoms with van der Waals surface area (Å²) in [5.41, 5.74) is 2.13. The van der Waals surface area contributed by atoms with Crippen LogP contribution in [0.2, 0.25) is 0 Å². The number of ketones is 1. The lowest BCUT2D eigenvalue weighted by Crippen LogP contribution is -2.29. The molecule has 1 saturated heterocycles. The van der Waals surface area contributed by atoms with E-state index in [4.69, 9.17) is 14.2 Å². The molecule has 2 aliphatic rings. The number of nitrogens with zero attached hydrogens (tertiary/aromatic N) is 2. The van der Waals surface area contributed by atoms with E-state index >= 15 is 0 Å². The number of rotatable bonds is 11. The molecule has 9 nitrogen and oxygen atoms in total. The summed E-state index contributed by atoms with van der Waals surface area (Å²) in [5.74, 6) is -1.33. The van der Waals surface area contributed by atoms with Crippen LogP contribution < -0.4 is 14.4 Å². The fourth-order valence-electron chi connectivity index (χ4n) is 5.26. The zero-order chi connectivity index (χ0) is 30.7. The van der Waals surface area contributed by atoms with Gasteiger partial charge in [-0.15, -0.1) is 0 Å². The van der Waals surface area contributed by atoms with Crippen LogP contribution in [0, 0.1) is 6.92 Å². The molecule has 0 spiro atoms. The number of benzene rings is 2. The van der Waals surface area contributed by atoms with E-state index in [0.29, 0.717) is 35.6 Å². The van der Waals surface area contributed by atoms with Crippen molar-refractivity contribution in [3.05, 3.63) is 88.0 Å². The van der Waals surface area contributed by atoms with E-state index in [1.807, 2.05) is 13.0 Å². The highest BCUT2D eigenvalue weighted by atomic mass is 32.1. The average molecular weight is 603 g/mol. The number of amides is 1. The molecule has 10 heteroatoms. The summed E-state index contributed by atoms with van der Waals surface area (Å²) < 4.78 is 17.0. The number of aliphatic hydroxyl groups is 1. The summed E-state index contributed by atoms with van der Waals surface area (Å²) in [6.07, 6.45) is 5.10. The Balaban J connectivity index is 1.61. The van der Waals surface area contributed by atoms with E-state index in [9.17, 15) is 19.5 Å². The topological polar surface area (TPSA) is 115 Å². The number of esters is 1. The van der Waals surface area contributed by atoms with Gasteiger partial charge in [0.05, 0.1) is 23.9 Å². The van der Waals surface area contributed by atoms with Crippen molar-refractivity contribution in [3.8, 4) is 11.5 Å². The maximum Gasteiger partial charge on any atom is 0.350 e. The number of fused-ring (bicyclic) bond motifs is 1. The van der Waals surface area contributed by atoms with Crippen LogP contribution in [-0.4, -0.2) is 47.1 Å². The molecule has 1 fully saturated rings. The maximum atomic E-state index is 13.7. The van der Waals surface area contributed by atoms with Gasteiger partial charge in [-0.25, -0.2) is 9.78 Å². The summed E-state index contributed by atoms with van der Waals surface area (Å²) in [7, 11) is 0. The van der Waals surface area contributed by atoms with E-state index in [2.05, 4.69) is 18.5 Å². The van der Waals surface area contributed by atoms with Crippen LogP contribution >= 0.6 is 11.3 Å². The Morgan fingerprint density at radius 2 is 2.05 bits per heavy atom. The molecule has 224 valence electrons. The highest BCUT2D eigenvalue weighted by Crippen LogP contribution is 2.45. The Labute approximate surface area is 254 Å². The van der Waals surface area contributed by atoms with Crippen molar-refractivity contribution in [1.29, 1.82) is 0 Å². The molecule has 0 bridgehead atoms. The summed E-state index contributed by atoms with van der Waals surface area (Å²) >= 11 is 0.950. The van der Waals surface area contributed by atoms with Crippen LogP contribution in [0.4, 0.5) is 5.13 Å². The Morgan fingerprint density at radius 3 is 2.81 bits per heavy atom. The molecule has 3 aromatic rings. The number of aliphatic hydroxyl groups excluding tert-OH is 1. The first kappa shape index (κ1) is 30.0. The molecule has 2 unspecified atom stereocenters. The molecule has 0 saturated carbocycles. The predicted octanol–water partition coefficient (Wildman–Crippen LogP) is 6.31. The Hall–Kier alpha value is -4.44. The number of unbranched alkanes of at least 4 members (excludes halogenated alkanes) is 2. The number of Topliss-reactive ketones (excluding diaryl/α,β-unsaturated/α-hetero) is 1. The van der Waals surface area contributed by atoms with Crippen LogP contribution in [0.1, 0.15) is 71.2 Å². The zero-order valence-corrected chi connectivity index (χ0v) is 25.2. The first-order valence-corrected chi connectivity index (χ1v) is 15.1. The zero-order valence-electron chi connectivity index (χ0n) is 24.4. The predicted molar refractivity (Wildman–Crippen MR) is 164 cm³/mol. The van der Waals surface area contributed by atoms with Gasteiger partial charge in [0, 0.05) is 12.0 Å². The SMILES string of the molecule is C=CCOC(=O)c1sc(N2C(=O)C(=O)/C(=C(/O)c3ccc4c(c3)CC(C)O4)C2c2cccc(OCCCCC)c2)nc1C. The van der Waals surface area contributed by atoms with Gasteiger partial charge in [-0.2, -0.15) is 0 Å². The molecule has 0 aliphatic carbocycles. The second kappa shape index (κ2) is 12.8. The van der Waals surface area contributed by atoms with Gasteiger partial charge in [0.15, 0.2) is 5.13 Å². The monoisotopic (exact) mass is 602 g/mol. The molecule has 3 heterocycles. The summed E-state index contributed by atoms with van der Waals surface area (Å²) in [4.78, 5) is 46.0. The molecule has 5 rings (SSSR count). The van der Waals surface area contributed by atoms with Crippen LogP contribution in [0.25, 0.3) is 5.76 Å². The number of aromatic nitrogens is 1. The second-order valence-electron chi connectivity index (χ2n) is 10.6. The first-order chi connectivity index (χ1) is 20.7. The number of ether oxygens (including phenoxy) is 3. The maximum absolute atomic E-state index is 13.7. The third kappa shape index (κ3) is 6.06. The van der Waals surface area contributed by atoms with Crippen molar-refractivity contribution in [3.63, 3.8) is 0 Å². The Bertz CT molecular complexity index is 1610. The van der Waals surface area contributed by atoms with Crippen molar-refractivity contribution in [2.24, 2.45) is 0 Å². The molecule has 1 N–H and O–H groups in total. The molecule has 2 aromatic carbocycles. The minimum atomic E-state index is -1.02. The van der Waals surface area contributed by atoms with Crippen molar-refractivity contribution < 1.29 is 33.7 Å². The van der Waals surface area contributed by atoms with E-state index in [0.717, 1.165) is 41.9 Å². The third-order valence-electron chi connectivity index (χ3n) is 7.31. The summed E-state index contributed by atoms with van der Waals surface area (Å²) in [6.45, 7) is 9.81. The minimum Gasteiger partial charge on any atom is -0.507 e. The summed E-state index contributed by atoms with van der Waals surface area (Å²) in [6, 6.07) is 11.3. The van der Waals surface area contributed by atoms with E-state index in [-0.39, 0.29) is 34.1 Å². The van der Waals surface area contributed by atoms with E-state index < -0.39 is 23.7 Å². The van der Waals surface area contributed by atoms with E-state index in [1.54, 1.807) is 43.3 Å². The van der Waals surface area contributed by atoms with Crippen molar-refractivity contribution >= 4 is 39.9 Å². The standard InChI is InChI=1S/C33H34N2O7S/c1-5-7-8-15-40-24-11-9-10-21(18-24)27-26(28(36)22-12-13-25-23(17-22)16-19(3)42-25)29(37)31(38)35(27)33-34-20(4)30(43-33)32(39)41-14-6-2/h6,9-13,17-19,27,36H,2,5,7-8,14-16H2,1,3-4H3/b28-26+. The van der Waals surface area contributed by atoms with Crippen LogP contribution in [0.5, 0.6) is 11.5 Å². The molecule has 1 aromatic heterocycles. The molecule has 2 atom stereocenters.